The van der Waals surface area contributed by atoms with Crippen LogP contribution in [-0.2, 0) is 16.0 Å². The van der Waals surface area contributed by atoms with E-state index in [2.05, 4.69) is 6.92 Å². The number of thioether (sulfide) groups is 1. The standard InChI is InChI=1S/C16H21NO4S/c1-2-12-3-5-14(6-4-12)21-10-15(18)17-7-8-22-11-13(17)9-16(19)20/h3-6,13H,2,7-11H2,1H3,(H,19,20). The number of hydrogen-bond donors (Lipinski definition) is 1. The number of benzene rings is 1. The molecule has 120 valence electrons. The summed E-state index contributed by atoms with van der Waals surface area (Å²) >= 11 is 1.69. The molecule has 1 N–H and O–H groups in total. The van der Waals surface area contributed by atoms with Crippen LogP contribution in [0.2, 0.25) is 0 Å². The first-order chi connectivity index (χ1) is 10.6. The second kappa shape index (κ2) is 8.08. The van der Waals surface area contributed by atoms with E-state index in [1.807, 2.05) is 24.3 Å². The van der Waals surface area contributed by atoms with Crippen molar-refractivity contribution in [3.8, 4) is 5.75 Å². The maximum absolute atomic E-state index is 12.3. The zero-order valence-electron chi connectivity index (χ0n) is 12.7. The molecule has 0 aromatic heterocycles. The third-order valence-electron chi connectivity index (χ3n) is 3.65. The van der Waals surface area contributed by atoms with Crippen molar-refractivity contribution < 1.29 is 19.4 Å². The minimum Gasteiger partial charge on any atom is -0.484 e. The van der Waals surface area contributed by atoms with E-state index in [1.54, 1.807) is 16.7 Å². The van der Waals surface area contributed by atoms with Gasteiger partial charge in [-0.3, -0.25) is 9.59 Å². The number of rotatable bonds is 6. The van der Waals surface area contributed by atoms with Crippen LogP contribution >= 0.6 is 11.8 Å². The van der Waals surface area contributed by atoms with Gasteiger partial charge in [0, 0.05) is 18.1 Å². The van der Waals surface area contributed by atoms with E-state index in [4.69, 9.17) is 9.84 Å². The molecule has 0 radical (unpaired) electrons. The predicted molar refractivity (Wildman–Crippen MR) is 86.4 cm³/mol. The Hall–Kier alpha value is -1.69. The van der Waals surface area contributed by atoms with Crippen LogP contribution in [0.4, 0.5) is 0 Å². The molecular formula is C16H21NO4S. The minimum atomic E-state index is -0.874. The number of carbonyl (C=O) groups excluding carboxylic acids is 1. The predicted octanol–water partition coefficient (Wildman–Crippen LogP) is 2.05. The quantitative estimate of drug-likeness (QED) is 0.868. The topological polar surface area (TPSA) is 66.8 Å². The van der Waals surface area contributed by atoms with Gasteiger partial charge in [-0.1, -0.05) is 19.1 Å². The molecule has 1 unspecified atom stereocenters. The van der Waals surface area contributed by atoms with Crippen molar-refractivity contribution in [3.63, 3.8) is 0 Å². The summed E-state index contributed by atoms with van der Waals surface area (Å²) in [5, 5.41) is 8.94. The van der Waals surface area contributed by atoms with Crippen molar-refractivity contribution in [2.75, 3.05) is 24.7 Å². The van der Waals surface area contributed by atoms with Crippen LogP contribution in [0.25, 0.3) is 0 Å². The molecule has 1 aliphatic heterocycles. The van der Waals surface area contributed by atoms with Gasteiger partial charge < -0.3 is 14.7 Å². The summed E-state index contributed by atoms with van der Waals surface area (Å²) in [4.78, 5) is 24.8. The van der Waals surface area contributed by atoms with Gasteiger partial charge in [0.25, 0.3) is 5.91 Å². The lowest BCUT2D eigenvalue weighted by Crippen LogP contribution is -2.48. The Kier molecular flexibility index (Phi) is 6.12. The van der Waals surface area contributed by atoms with Gasteiger partial charge in [-0.15, -0.1) is 0 Å². The van der Waals surface area contributed by atoms with E-state index < -0.39 is 5.97 Å². The maximum Gasteiger partial charge on any atom is 0.305 e. The first-order valence-corrected chi connectivity index (χ1v) is 8.56. The summed E-state index contributed by atoms with van der Waals surface area (Å²) < 4.78 is 5.53. The highest BCUT2D eigenvalue weighted by Gasteiger charge is 2.28. The van der Waals surface area contributed by atoms with Crippen molar-refractivity contribution in [1.29, 1.82) is 0 Å². The SMILES string of the molecule is CCc1ccc(OCC(=O)N2CCSCC2CC(=O)O)cc1. The number of nitrogens with zero attached hydrogens (tertiary/aromatic N) is 1. The van der Waals surface area contributed by atoms with Crippen LogP contribution in [0, 0.1) is 0 Å². The van der Waals surface area contributed by atoms with Crippen LogP contribution < -0.4 is 4.74 Å². The summed E-state index contributed by atoms with van der Waals surface area (Å²) in [7, 11) is 0. The Labute approximate surface area is 134 Å². The number of aliphatic carboxylic acids is 1. The number of aryl methyl sites for hydroxylation is 1. The van der Waals surface area contributed by atoms with E-state index in [0.717, 1.165) is 12.2 Å². The molecule has 1 atom stereocenters. The first-order valence-electron chi connectivity index (χ1n) is 7.41. The van der Waals surface area contributed by atoms with E-state index >= 15 is 0 Å². The first kappa shape index (κ1) is 16.7. The van der Waals surface area contributed by atoms with Crippen molar-refractivity contribution in [3.05, 3.63) is 29.8 Å². The number of carboxylic acid groups (broad SMARTS) is 1. The van der Waals surface area contributed by atoms with Gasteiger partial charge in [0.05, 0.1) is 12.5 Å². The molecule has 2 rings (SSSR count). The molecule has 1 saturated heterocycles. The number of carboxylic acids is 1. The van der Waals surface area contributed by atoms with E-state index in [9.17, 15) is 9.59 Å². The molecule has 6 heteroatoms. The van der Waals surface area contributed by atoms with Gasteiger partial charge >= 0.3 is 5.97 Å². The molecule has 0 saturated carbocycles. The van der Waals surface area contributed by atoms with Gasteiger partial charge in [0.15, 0.2) is 6.61 Å². The lowest BCUT2D eigenvalue weighted by molar-refractivity contribution is -0.141. The molecule has 1 aromatic carbocycles. The smallest absolute Gasteiger partial charge is 0.305 e. The van der Waals surface area contributed by atoms with Crippen molar-refractivity contribution in [2.24, 2.45) is 0 Å². The summed E-state index contributed by atoms with van der Waals surface area (Å²) in [6, 6.07) is 7.42. The van der Waals surface area contributed by atoms with Gasteiger partial charge in [-0.25, -0.2) is 0 Å². The van der Waals surface area contributed by atoms with E-state index in [0.29, 0.717) is 18.0 Å². The van der Waals surface area contributed by atoms with Crippen molar-refractivity contribution >= 4 is 23.6 Å². The monoisotopic (exact) mass is 323 g/mol. The van der Waals surface area contributed by atoms with E-state index in [-0.39, 0.29) is 25.0 Å². The highest BCUT2D eigenvalue weighted by molar-refractivity contribution is 7.99. The summed E-state index contributed by atoms with van der Waals surface area (Å²) in [6.07, 6.45) is 0.950. The molecule has 1 heterocycles. The fraction of sp³-hybridized carbons (Fsp3) is 0.500. The molecule has 1 fully saturated rings. The van der Waals surface area contributed by atoms with Crippen molar-refractivity contribution in [2.45, 2.75) is 25.8 Å². The Balaban J connectivity index is 1.90. The largest absolute Gasteiger partial charge is 0.484 e. The van der Waals surface area contributed by atoms with Gasteiger partial charge in [-0.2, -0.15) is 11.8 Å². The molecule has 22 heavy (non-hydrogen) atoms. The normalized spacial score (nSPS) is 18.0. The van der Waals surface area contributed by atoms with Crippen LogP contribution in [-0.4, -0.2) is 52.6 Å². The Morgan fingerprint density at radius 2 is 2.09 bits per heavy atom. The molecule has 1 aliphatic rings. The highest BCUT2D eigenvalue weighted by atomic mass is 32.2. The second-order valence-electron chi connectivity index (χ2n) is 5.20. The fourth-order valence-electron chi connectivity index (χ4n) is 2.40. The number of amides is 1. The highest BCUT2D eigenvalue weighted by Crippen LogP contribution is 2.20. The second-order valence-corrected chi connectivity index (χ2v) is 6.35. The molecule has 0 aliphatic carbocycles. The van der Waals surface area contributed by atoms with Crippen LogP contribution in [0.5, 0.6) is 5.75 Å². The number of carbonyl (C=O) groups is 2. The van der Waals surface area contributed by atoms with Crippen LogP contribution in [0.1, 0.15) is 18.9 Å². The average Bonchev–Trinajstić information content (AvgIpc) is 2.53. The zero-order valence-corrected chi connectivity index (χ0v) is 13.5. The van der Waals surface area contributed by atoms with Crippen LogP contribution in [0.3, 0.4) is 0 Å². The fourth-order valence-corrected chi connectivity index (χ4v) is 3.47. The van der Waals surface area contributed by atoms with E-state index in [1.165, 1.54) is 5.56 Å². The molecule has 1 amide bonds. The summed E-state index contributed by atoms with van der Waals surface area (Å²) in [6.45, 7) is 2.61. The molecule has 1 aromatic rings. The Morgan fingerprint density at radius 3 is 2.73 bits per heavy atom. The number of ether oxygens (including phenoxy) is 1. The summed E-state index contributed by atoms with van der Waals surface area (Å²) in [5.41, 5.74) is 1.22. The summed E-state index contributed by atoms with van der Waals surface area (Å²) in [5.74, 6) is 1.15. The number of hydrogen-bond acceptors (Lipinski definition) is 4. The van der Waals surface area contributed by atoms with Gasteiger partial charge in [-0.05, 0) is 24.1 Å². The Morgan fingerprint density at radius 1 is 1.36 bits per heavy atom. The third-order valence-corrected chi connectivity index (χ3v) is 4.74. The molecule has 0 spiro atoms. The van der Waals surface area contributed by atoms with Crippen molar-refractivity contribution in [1.82, 2.24) is 4.90 Å². The van der Waals surface area contributed by atoms with Gasteiger partial charge in [0.1, 0.15) is 5.75 Å². The zero-order chi connectivity index (χ0) is 15.9. The minimum absolute atomic E-state index is 0.00998. The third kappa shape index (κ3) is 4.66. The lowest BCUT2D eigenvalue weighted by Gasteiger charge is -2.34. The molecule has 0 bridgehead atoms. The maximum atomic E-state index is 12.3. The lowest BCUT2D eigenvalue weighted by atomic mass is 10.2. The Bertz CT molecular complexity index is 517. The molecular weight excluding hydrogens is 302 g/mol. The van der Waals surface area contributed by atoms with Gasteiger partial charge in [0.2, 0.25) is 0 Å². The van der Waals surface area contributed by atoms with Crippen LogP contribution in [0.15, 0.2) is 24.3 Å². The molecule has 5 nitrogen and oxygen atoms in total. The average molecular weight is 323 g/mol.